The zero-order valence-corrected chi connectivity index (χ0v) is 20.7. The molecule has 0 nitrogen and oxygen atoms in total. The van der Waals surface area contributed by atoms with Crippen LogP contribution in [-0.2, 0) is 10.3 Å². The Kier molecular flexibility index (Phi) is 5.85. The van der Waals surface area contributed by atoms with Gasteiger partial charge in [-0.2, -0.15) is 0 Å². The van der Waals surface area contributed by atoms with Crippen LogP contribution in [0.15, 0.2) is 152 Å². The van der Waals surface area contributed by atoms with Gasteiger partial charge in [-0.15, -0.1) is 0 Å². The average Bonchev–Trinajstić information content (AvgIpc) is 3.34. The summed E-state index contributed by atoms with van der Waals surface area (Å²) in [6, 6.07) is 56.5. The van der Waals surface area contributed by atoms with Crippen LogP contribution in [0.1, 0.15) is 35.1 Å². The average molecular weight is 469 g/mol. The highest BCUT2D eigenvalue weighted by molar-refractivity contribution is 7.68. The molecule has 1 heteroatoms. The monoisotopic (exact) mass is 468 g/mol. The Morgan fingerprint density at radius 1 is 0.343 bits per heavy atom. The van der Waals surface area contributed by atoms with E-state index >= 15 is 0 Å². The summed E-state index contributed by atoms with van der Waals surface area (Å²) in [4.78, 5) is 0. The van der Waals surface area contributed by atoms with Crippen LogP contribution in [0.3, 0.4) is 0 Å². The van der Waals surface area contributed by atoms with E-state index in [-0.39, 0.29) is 10.3 Å². The second-order valence-corrected chi connectivity index (χ2v) is 12.1. The fourth-order valence-corrected chi connectivity index (χ4v) is 10.5. The van der Waals surface area contributed by atoms with Gasteiger partial charge in [-0.3, -0.25) is 0 Å². The molecule has 0 aromatic heterocycles. The van der Waals surface area contributed by atoms with Gasteiger partial charge in [0, 0.05) is 10.3 Å². The molecule has 1 saturated heterocycles. The lowest BCUT2D eigenvalue weighted by molar-refractivity contribution is 0.610. The molecule has 0 amide bonds. The SMILES string of the molecule is c1ccc(P2C(c3ccccc3)(c3ccccc3)CCC2(c2ccccc2)c2ccccc2)cc1. The minimum Gasteiger partial charge on any atom is -0.0622 e. The molecule has 5 aromatic carbocycles. The van der Waals surface area contributed by atoms with Gasteiger partial charge in [-0.05, 0) is 48.3 Å². The normalized spacial score (nSPS) is 16.7. The van der Waals surface area contributed by atoms with Crippen LogP contribution in [0, 0.1) is 0 Å². The predicted molar refractivity (Wildman–Crippen MR) is 150 cm³/mol. The molecule has 0 saturated carbocycles. The molecule has 1 aliphatic rings. The van der Waals surface area contributed by atoms with Gasteiger partial charge >= 0.3 is 0 Å². The zero-order valence-electron chi connectivity index (χ0n) is 19.8. The molecule has 1 aliphatic heterocycles. The molecule has 0 N–H and O–H groups in total. The Morgan fingerprint density at radius 2 is 0.600 bits per heavy atom. The van der Waals surface area contributed by atoms with Crippen molar-refractivity contribution in [2.75, 3.05) is 0 Å². The maximum absolute atomic E-state index is 2.37. The van der Waals surface area contributed by atoms with E-state index in [2.05, 4.69) is 152 Å². The smallest absolute Gasteiger partial charge is 0.0454 e. The highest BCUT2D eigenvalue weighted by Crippen LogP contribution is 2.79. The maximum atomic E-state index is 2.37. The molecule has 170 valence electrons. The van der Waals surface area contributed by atoms with Gasteiger partial charge < -0.3 is 0 Å². The van der Waals surface area contributed by atoms with E-state index in [0.717, 1.165) is 12.8 Å². The van der Waals surface area contributed by atoms with Crippen molar-refractivity contribution in [1.29, 1.82) is 0 Å². The summed E-state index contributed by atoms with van der Waals surface area (Å²) in [5, 5.41) is 1.27. The summed E-state index contributed by atoms with van der Waals surface area (Å²) in [6.07, 6.45) is 2.21. The molecular weight excluding hydrogens is 439 g/mol. The third kappa shape index (κ3) is 3.56. The van der Waals surface area contributed by atoms with E-state index in [4.69, 9.17) is 0 Å². The van der Waals surface area contributed by atoms with Crippen LogP contribution in [0.5, 0.6) is 0 Å². The van der Waals surface area contributed by atoms with Crippen molar-refractivity contribution in [3.8, 4) is 0 Å². The second kappa shape index (κ2) is 9.29. The molecule has 0 spiro atoms. The number of rotatable bonds is 5. The third-order valence-electron chi connectivity index (χ3n) is 7.63. The first kappa shape index (κ1) is 22.0. The van der Waals surface area contributed by atoms with Crippen LogP contribution in [0.25, 0.3) is 0 Å². The van der Waals surface area contributed by atoms with E-state index in [0.29, 0.717) is 0 Å². The van der Waals surface area contributed by atoms with Crippen molar-refractivity contribution < 1.29 is 0 Å². The summed E-state index contributed by atoms with van der Waals surface area (Å²) in [7, 11) is -0.741. The Morgan fingerprint density at radius 3 is 0.886 bits per heavy atom. The highest BCUT2D eigenvalue weighted by atomic mass is 31.1. The first-order chi connectivity index (χ1) is 17.4. The van der Waals surface area contributed by atoms with E-state index in [1.54, 1.807) is 0 Å². The van der Waals surface area contributed by atoms with Crippen molar-refractivity contribution >= 4 is 13.2 Å². The van der Waals surface area contributed by atoms with Gasteiger partial charge in [0.1, 0.15) is 0 Å². The van der Waals surface area contributed by atoms with Crippen molar-refractivity contribution in [3.05, 3.63) is 174 Å². The standard InChI is InChI=1S/C34H29P/c1-6-16-28(17-7-1)33(29-18-8-2-9-19-29)26-27-34(30-20-10-3-11-21-30,31-22-12-4-13-23-31)35(33)32-24-14-5-15-25-32/h1-25H,26-27H2. The molecule has 0 atom stereocenters. The molecule has 5 aromatic rings. The first-order valence-corrected chi connectivity index (χ1v) is 13.8. The lowest BCUT2D eigenvalue weighted by Gasteiger charge is -2.46. The molecule has 0 unspecified atom stereocenters. The molecule has 0 radical (unpaired) electrons. The molecule has 6 rings (SSSR count). The highest BCUT2D eigenvalue weighted by Gasteiger charge is 2.59. The van der Waals surface area contributed by atoms with Crippen molar-refractivity contribution in [2.24, 2.45) is 0 Å². The summed E-state index contributed by atoms with van der Waals surface area (Å²) < 4.78 is 0. The molecule has 35 heavy (non-hydrogen) atoms. The molecule has 1 fully saturated rings. The van der Waals surface area contributed by atoms with Crippen LogP contribution < -0.4 is 5.30 Å². The Hall–Kier alpha value is -3.47. The summed E-state index contributed by atoms with van der Waals surface area (Å²) in [5.74, 6) is 0. The number of hydrogen-bond donors (Lipinski definition) is 0. The van der Waals surface area contributed by atoms with E-state index < -0.39 is 7.92 Å². The number of benzene rings is 5. The molecule has 0 bridgehead atoms. The van der Waals surface area contributed by atoms with Crippen molar-refractivity contribution in [2.45, 2.75) is 23.2 Å². The molecule has 0 aliphatic carbocycles. The lowest BCUT2D eigenvalue weighted by Crippen LogP contribution is -2.33. The van der Waals surface area contributed by atoms with Gasteiger partial charge in [-0.1, -0.05) is 152 Å². The first-order valence-electron chi connectivity index (χ1n) is 12.4. The van der Waals surface area contributed by atoms with Crippen LogP contribution in [0.4, 0.5) is 0 Å². The van der Waals surface area contributed by atoms with Crippen LogP contribution in [-0.4, -0.2) is 0 Å². The summed E-state index contributed by atoms with van der Waals surface area (Å²) >= 11 is 0. The quantitative estimate of drug-likeness (QED) is 0.227. The van der Waals surface area contributed by atoms with Crippen molar-refractivity contribution in [3.63, 3.8) is 0 Å². The Bertz CT molecular complexity index is 1190. The third-order valence-corrected chi connectivity index (χ3v) is 11.5. The number of hydrogen-bond acceptors (Lipinski definition) is 0. The fourth-order valence-electron chi connectivity index (χ4n) is 6.21. The zero-order chi connectivity index (χ0) is 23.6. The largest absolute Gasteiger partial charge is 0.0622 e. The van der Waals surface area contributed by atoms with Crippen LogP contribution >= 0.6 is 7.92 Å². The van der Waals surface area contributed by atoms with E-state index in [1.165, 1.54) is 27.6 Å². The van der Waals surface area contributed by atoms with Gasteiger partial charge in [0.25, 0.3) is 0 Å². The van der Waals surface area contributed by atoms with Crippen LogP contribution in [0.2, 0.25) is 0 Å². The minimum atomic E-state index is -0.741. The lowest BCUT2D eigenvalue weighted by atomic mass is 9.81. The van der Waals surface area contributed by atoms with Gasteiger partial charge in [0.05, 0.1) is 0 Å². The Labute approximate surface area is 210 Å². The Balaban J connectivity index is 1.74. The minimum absolute atomic E-state index is 0.0924. The molecule has 1 heterocycles. The fraction of sp³-hybridized carbons (Fsp3) is 0.118. The van der Waals surface area contributed by atoms with Gasteiger partial charge in [0.15, 0.2) is 0 Å². The molecular formula is C34H29P. The van der Waals surface area contributed by atoms with E-state index in [1.807, 2.05) is 0 Å². The van der Waals surface area contributed by atoms with E-state index in [9.17, 15) is 0 Å². The van der Waals surface area contributed by atoms with Gasteiger partial charge in [0.2, 0.25) is 0 Å². The topological polar surface area (TPSA) is 0 Å². The summed E-state index contributed by atoms with van der Waals surface area (Å²) in [6.45, 7) is 0. The second-order valence-electron chi connectivity index (χ2n) is 9.36. The maximum Gasteiger partial charge on any atom is 0.0454 e. The predicted octanol–water partition coefficient (Wildman–Crippen LogP) is 8.48. The van der Waals surface area contributed by atoms with Crippen molar-refractivity contribution in [1.82, 2.24) is 0 Å². The van der Waals surface area contributed by atoms with Gasteiger partial charge in [-0.25, -0.2) is 0 Å². The summed E-state index contributed by atoms with van der Waals surface area (Å²) in [5.41, 5.74) is 5.70.